The fourth-order valence-electron chi connectivity index (χ4n) is 5.04. The van der Waals surface area contributed by atoms with Crippen LogP contribution in [0.1, 0.15) is 117 Å². The standard InChI is InChI=1S/C50H77O12P/c1-3-5-7-8-9-10-11-12-13-14-15-16-17-18-19-20-21-26-34-40-50(56)62-48(44-61-63(57,58)60-42-47(54)41-51)43-59-49(55)39-33-25-23-22-24-30-36-46(53)38-32-28-27-31-37-45(52)35-29-6-4-2/h5-7,9-10,12-13,15-16,18-19,23-25,27-32,37-38,45-48,51-54H,3-4,8,11,14,17,20-22,26,33-36,39-44H2,1-2H3,(H,57,58)/b7-5-,10-9-,13-12-,16-15-,19-18-,25-23-,28-27-,29-6-,30-24-,37-31+,38-32+/t45-,46+,47+,48-/m1/s1. The first kappa shape index (κ1) is 59.0. The van der Waals surface area contributed by atoms with E-state index in [4.69, 9.17) is 19.1 Å². The second-order valence-corrected chi connectivity index (χ2v) is 15.8. The monoisotopic (exact) mass is 901 g/mol. The molecule has 63 heavy (non-hydrogen) atoms. The Labute approximate surface area is 377 Å². The summed E-state index contributed by atoms with van der Waals surface area (Å²) in [5.41, 5.74) is 0. The zero-order valence-electron chi connectivity index (χ0n) is 37.7. The number of rotatable bonds is 39. The lowest BCUT2D eigenvalue weighted by atomic mass is 10.1. The Hall–Kier alpha value is -3.97. The van der Waals surface area contributed by atoms with Gasteiger partial charge in [-0.15, -0.1) is 0 Å². The van der Waals surface area contributed by atoms with Crippen LogP contribution in [-0.2, 0) is 32.7 Å². The second kappa shape index (κ2) is 43.3. The molecule has 0 aliphatic rings. The first-order valence-corrected chi connectivity index (χ1v) is 23.9. The van der Waals surface area contributed by atoms with Gasteiger partial charge in [-0.25, -0.2) is 4.57 Å². The largest absolute Gasteiger partial charge is 0.472 e. The second-order valence-electron chi connectivity index (χ2n) is 14.4. The van der Waals surface area contributed by atoms with Crippen LogP contribution in [0.2, 0.25) is 0 Å². The summed E-state index contributed by atoms with van der Waals surface area (Å²) in [6, 6.07) is 0. The molecule has 0 fully saturated rings. The van der Waals surface area contributed by atoms with Crippen LogP contribution >= 0.6 is 7.82 Å². The van der Waals surface area contributed by atoms with E-state index in [1.165, 1.54) is 0 Å². The molecule has 1 unspecified atom stereocenters. The number of esters is 2. The van der Waals surface area contributed by atoms with E-state index in [0.717, 1.165) is 57.8 Å². The van der Waals surface area contributed by atoms with Gasteiger partial charge in [0.15, 0.2) is 6.10 Å². The van der Waals surface area contributed by atoms with E-state index < -0.39 is 70.6 Å². The molecular formula is C50H77O12P. The van der Waals surface area contributed by atoms with Gasteiger partial charge < -0.3 is 34.8 Å². The summed E-state index contributed by atoms with van der Waals surface area (Å²) < 4.78 is 32.6. The average Bonchev–Trinajstić information content (AvgIpc) is 3.26. The lowest BCUT2D eigenvalue weighted by Crippen LogP contribution is -2.29. The predicted molar refractivity (Wildman–Crippen MR) is 253 cm³/mol. The van der Waals surface area contributed by atoms with E-state index in [0.29, 0.717) is 32.1 Å². The molecule has 0 radical (unpaired) electrons. The Kier molecular flexibility index (Phi) is 40.6. The van der Waals surface area contributed by atoms with Crippen molar-refractivity contribution >= 4 is 19.8 Å². The highest BCUT2D eigenvalue weighted by molar-refractivity contribution is 7.47. The number of ether oxygens (including phenoxy) is 2. The fraction of sp³-hybridized carbons (Fsp3) is 0.520. The molecule has 0 aromatic carbocycles. The SMILES string of the molecule is CC/C=C\C/C=C\C/C=C\C/C=C\C/C=C\CCCCCC(=O)O[C@H](COC(=O)CC/C=C\C/C=C\C[C@H](O)/C=C/C=C\C=C\[C@H](O)C/C=C\CC)COP(=O)(O)OC[C@@H](O)CO. The minimum atomic E-state index is -4.68. The number of allylic oxidation sites excluding steroid dienone is 18. The van der Waals surface area contributed by atoms with Gasteiger partial charge in [-0.3, -0.25) is 18.6 Å². The number of phosphoric acid groups is 1. The van der Waals surface area contributed by atoms with Gasteiger partial charge in [-0.1, -0.05) is 154 Å². The van der Waals surface area contributed by atoms with Crippen molar-refractivity contribution < 1.29 is 58.0 Å². The molecule has 0 amide bonds. The van der Waals surface area contributed by atoms with Crippen LogP contribution in [0.25, 0.3) is 0 Å². The summed E-state index contributed by atoms with van der Waals surface area (Å²) in [7, 11) is -4.68. The molecule has 354 valence electrons. The number of carbonyl (C=O) groups excluding carboxylic acids is 2. The third-order valence-corrected chi connectivity index (χ3v) is 9.43. The summed E-state index contributed by atoms with van der Waals surface area (Å²) in [6.45, 7) is 1.80. The molecule has 5 atom stereocenters. The van der Waals surface area contributed by atoms with E-state index in [9.17, 15) is 34.4 Å². The predicted octanol–water partition coefficient (Wildman–Crippen LogP) is 10.0. The first-order chi connectivity index (χ1) is 30.5. The number of aliphatic hydroxyl groups is 4. The van der Waals surface area contributed by atoms with Gasteiger partial charge >= 0.3 is 19.8 Å². The lowest BCUT2D eigenvalue weighted by molar-refractivity contribution is -0.161. The Morgan fingerprint density at radius 2 is 1.02 bits per heavy atom. The van der Waals surface area contributed by atoms with Gasteiger partial charge in [0.1, 0.15) is 12.7 Å². The summed E-state index contributed by atoms with van der Waals surface area (Å²) in [4.78, 5) is 35.0. The number of aliphatic hydroxyl groups excluding tert-OH is 4. The van der Waals surface area contributed by atoms with Crippen LogP contribution in [0, 0.1) is 0 Å². The molecule has 0 heterocycles. The third-order valence-electron chi connectivity index (χ3n) is 8.48. The number of hydrogen-bond acceptors (Lipinski definition) is 11. The highest BCUT2D eigenvalue weighted by Gasteiger charge is 2.27. The molecule has 0 aliphatic carbocycles. The van der Waals surface area contributed by atoms with Crippen molar-refractivity contribution in [2.45, 2.75) is 141 Å². The van der Waals surface area contributed by atoms with Gasteiger partial charge in [-0.2, -0.15) is 0 Å². The normalized spacial score (nSPS) is 16.0. The molecule has 0 aliphatic heterocycles. The Morgan fingerprint density at radius 1 is 0.540 bits per heavy atom. The smallest absolute Gasteiger partial charge is 0.462 e. The zero-order chi connectivity index (χ0) is 46.5. The van der Waals surface area contributed by atoms with Gasteiger partial charge in [0.2, 0.25) is 0 Å². The van der Waals surface area contributed by atoms with Crippen molar-refractivity contribution in [1.82, 2.24) is 0 Å². The highest BCUT2D eigenvalue weighted by Crippen LogP contribution is 2.43. The molecule has 0 aromatic heterocycles. The van der Waals surface area contributed by atoms with Crippen molar-refractivity contribution in [2.75, 3.05) is 26.4 Å². The molecular weight excluding hydrogens is 824 g/mol. The zero-order valence-corrected chi connectivity index (χ0v) is 38.6. The molecule has 0 rings (SSSR count). The fourth-order valence-corrected chi connectivity index (χ4v) is 5.83. The average molecular weight is 901 g/mol. The van der Waals surface area contributed by atoms with Gasteiger partial charge in [0, 0.05) is 12.8 Å². The molecule has 0 saturated heterocycles. The van der Waals surface area contributed by atoms with Crippen LogP contribution in [-0.4, -0.2) is 88.1 Å². The van der Waals surface area contributed by atoms with Crippen molar-refractivity contribution in [3.05, 3.63) is 134 Å². The van der Waals surface area contributed by atoms with Crippen LogP contribution in [0.5, 0.6) is 0 Å². The molecule has 13 heteroatoms. The van der Waals surface area contributed by atoms with Gasteiger partial charge in [0.05, 0.1) is 32.0 Å². The van der Waals surface area contributed by atoms with Crippen molar-refractivity contribution in [3.63, 3.8) is 0 Å². The Balaban J connectivity index is 4.60. The van der Waals surface area contributed by atoms with Crippen molar-refractivity contribution in [1.29, 1.82) is 0 Å². The maximum atomic E-state index is 12.6. The highest BCUT2D eigenvalue weighted by atomic mass is 31.2. The number of carbonyl (C=O) groups is 2. The molecule has 0 saturated carbocycles. The summed E-state index contributed by atoms with van der Waals surface area (Å²) in [6.07, 6.45) is 50.6. The summed E-state index contributed by atoms with van der Waals surface area (Å²) >= 11 is 0. The summed E-state index contributed by atoms with van der Waals surface area (Å²) in [5.74, 6) is -1.15. The van der Waals surface area contributed by atoms with Crippen LogP contribution < -0.4 is 0 Å². The minimum absolute atomic E-state index is 0.0430. The molecule has 0 bridgehead atoms. The number of hydrogen-bond donors (Lipinski definition) is 5. The maximum Gasteiger partial charge on any atom is 0.472 e. The minimum Gasteiger partial charge on any atom is -0.462 e. The van der Waals surface area contributed by atoms with E-state index in [-0.39, 0.29) is 12.8 Å². The van der Waals surface area contributed by atoms with E-state index in [1.54, 1.807) is 36.5 Å². The number of unbranched alkanes of at least 4 members (excludes halogenated alkanes) is 3. The topological polar surface area (TPSA) is 189 Å². The molecule has 5 N–H and O–H groups in total. The Morgan fingerprint density at radius 3 is 1.57 bits per heavy atom. The third kappa shape index (κ3) is 43.1. The molecule has 0 aromatic rings. The quantitative estimate of drug-likeness (QED) is 0.0129. The molecule has 0 spiro atoms. The van der Waals surface area contributed by atoms with Crippen LogP contribution in [0.3, 0.4) is 0 Å². The van der Waals surface area contributed by atoms with Crippen molar-refractivity contribution in [3.8, 4) is 0 Å². The van der Waals surface area contributed by atoms with Gasteiger partial charge in [0.25, 0.3) is 0 Å². The Bertz CT molecular complexity index is 1530. The van der Waals surface area contributed by atoms with Crippen LogP contribution in [0.15, 0.2) is 134 Å². The lowest BCUT2D eigenvalue weighted by Gasteiger charge is -2.20. The molecule has 12 nitrogen and oxygen atoms in total. The van der Waals surface area contributed by atoms with E-state index >= 15 is 0 Å². The van der Waals surface area contributed by atoms with E-state index in [2.05, 4.69) is 72.2 Å². The van der Waals surface area contributed by atoms with Crippen LogP contribution in [0.4, 0.5) is 0 Å². The van der Waals surface area contributed by atoms with Crippen molar-refractivity contribution in [2.24, 2.45) is 0 Å². The number of phosphoric ester groups is 1. The maximum absolute atomic E-state index is 12.6. The van der Waals surface area contributed by atoms with E-state index in [1.807, 2.05) is 43.4 Å². The first-order valence-electron chi connectivity index (χ1n) is 22.4. The summed E-state index contributed by atoms with van der Waals surface area (Å²) in [5, 5.41) is 38.3. The van der Waals surface area contributed by atoms with Gasteiger partial charge in [-0.05, 0) is 83.5 Å².